The SMILES string of the molecule is COC(=O)Cn1c(CNC(=O)C(C)(C)C)nc2ccccc21. The van der Waals surface area contributed by atoms with Crippen molar-refractivity contribution in [1.29, 1.82) is 0 Å². The zero-order chi connectivity index (χ0) is 16.3. The molecule has 6 nitrogen and oxygen atoms in total. The molecule has 0 spiro atoms. The van der Waals surface area contributed by atoms with Crippen molar-refractivity contribution in [3.8, 4) is 0 Å². The number of hydrogen-bond acceptors (Lipinski definition) is 4. The predicted molar refractivity (Wildman–Crippen MR) is 83.1 cm³/mol. The number of amides is 1. The predicted octanol–water partition coefficient (Wildman–Crippen LogP) is 1.87. The third kappa shape index (κ3) is 3.44. The van der Waals surface area contributed by atoms with Crippen molar-refractivity contribution >= 4 is 22.9 Å². The van der Waals surface area contributed by atoms with Crippen LogP contribution in [0.1, 0.15) is 26.6 Å². The average Bonchev–Trinajstić information content (AvgIpc) is 2.81. The summed E-state index contributed by atoms with van der Waals surface area (Å²) in [6.45, 7) is 5.87. The zero-order valence-corrected chi connectivity index (χ0v) is 13.3. The maximum atomic E-state index is 12.0. The molecule has 0 bridgehead atoms. The van der Waals surface area contributed by atoms with E-state index in [1.165, 1.54) is 7.11 Å². The van der Waals surface area contributed by atoms with E-state index in [0.29, 0.717) is 5.82 Å². The number of para-hydroxylation sites is 2. The monoisotopic (exact) mass is 303 g/mol. The molecule has 1 N–H and O–H groups in total. The number of esters is 1. The van der Waals surface area contributed by atoms with E-state index < -0.39 is 5.41 Å². The molecule has 0 radical (unpaired) electrons. The number of ether oxygens (including phenoxy) is 1. The van der Waals surface area contributed by atoms with Gasteiger partial charge in [0.1, 0.15) is 12.4 Å². The first kappa shape index (κ1) is 16.0. The molecule has 0 unspecified atom stereocenters. The zero-order valence-electron chi connectivity index (χ0n) is 13.3. The van der Waals surface area contributed by atoms with Crippen molar-refractivity contribution in [3.63, 3.8) is 0 Å². The van der Waals surface area contributed by atoms with Gasteiger partial charge in [-0.1, -0.05) is 32.9 Å². The van der Waals surface area contributed by atoms with Crippen LogP contribution in [-0.4, -0.2) is 28.5 Å². The molecule has 2 rings (SSSR count). The Hall–Kier alpha value is -2.37. The van der Waals surface area contributed by atoms with E-state index in [4.69, 9.17) is 4.74 Å². The molecule has 0 atom stereocenters. The second-order valence-corrected chi connectivity index (χ2v) is 6.11. The minimum Gasteiger partial charge on any atom is -0.468 e. The number of methoxy groups -OCH3 is 1. The van der Waals surface area contributed by atoms with Crippen LogP contribution in [-0.2, 0) is 27.4 Å². The highest BCUT2D eigenvalue weighted by Crippen LogP contribution is 2.17. The number of imidazole rings is 1. The fourth-order valence-corrected chi connectivity index (χ4v) is 2.05. The molecule has 0 aliphatic rings. The molecular formula is C16H21N3O3. The molecule has 0 fully saturated rings. The highest BCUT2D eigenvalue weighted by atomic mass is 16.5. The van der Waals surface area contributed by atoms with Gasteiger partial charge in [-0.15, -0.1) is 0 Å². The van der Waals surface area contributed by atoms with Gasteiger partial charge in [0.05, 0.1) is 24.7 Å². The topological polar surface area (TPSA) is 73.2 Å². The summed E-state index contributed by atoms with van der Waals surface area (Å²) < 4.78 is 6.50. The second kappa shape index (κ2) is 6.17. The van der Waals surface area contributed by atoms with Gasteiger partial charge in [-0.05, 0) is 12.1 Å². The Morgan fingerprint density at radius 1 is 1.27 bits per heavy atom. The van der Waals surface area contributed by atoms with Gasteiger partial charge in [0.2, 0.25) is 5.91 Å². The number of fused-ring (bicyclic) bond motifs is 1. The van der Waals surface area contributed by atoms with Crippen molar-refractivity contribution < 1.29 is 14.3 Å². The van der Waals surface area contributed by atoms with Gasteiger partial charge in [-0.3, -0.25) is 9.59 Å². The van der Waals surface area contributed by atoms with Gasteiger partial charge in [0, 0.05) is 5.41 Å². The Bertz CT molecular complexity index is 698. The number of hydrogen-bond donors (Lipinski definition) is 1. The molecule has 0 aliphatic heterocycles. The van der Waals surface area contributed by atoms with E-state index in [9.17, 15) is 9.59 Å². The highest BCUT2D eigenvalue weighted by Gasteiger charge is 2.22. The number of benzene rings is 1. The smallest absolute Gasteiger partial charge is 0.325 e. The first-order valence-corrected chi connectivity index (χ1v) is 7.12. The first-order valence-electron chi connectivity index (χ1n) is 7.12. The lowest BCUT2D eigenvalue weighted by atomic mass is 9.96. The summed E-state index contributed by atoms with van der Waals surface area (Å²) in [6.07, 6.45) is 0. The molecule has 1 aromatic heterocycles. The number of nitrogens with zero attached hydrogens (tertiary/aromatic N) is 2. The minimum absolute atomic E-state index is 0.0656. The molecule has 0 saturated heterocycles. The maximum Gasteiger partial charge on any atom is 0.325 e. The minimum atomic E-state index is -0.473. The van der Waals surface area contributed by atoms with Gasteiger partial charge in [-0.2, -0.15) is 0 Å². The summed E-state index contributed by atoms with van der Waals surface area (Å²) in [7, 11) is 1.35. The molecule has 22 heavy (non-hydrogen) atoms. The molecule has 1 heterocycles. The first-order chi connectivity index (χ1) is 10.3. The van der Waals surface area contributed by atoms with E-state index in [1.807, 2.05) is 45.0 Å². The number of aromatic nitrogens is 2. The van der Waals surface area contributed by atoms with E-state index in [-0.39, 0.29) is 25.0 Å². The van der Waals surface area contributed by atoms with Crippen LogP contribution < -0.4 is 5.32 Å². The fraction of sp³-hybridized carbons (Fsp3) is 0.438. The van der Waals surface area contributed by atoms with Crippen LogP contribution in [0.5, 0.6) is 0 Å². The molecule has 0 saturated carbocycles. The summed E-state index contributed by atoms with van der Waals surface area (Å²) in [4.78, 5) is 28.1. The summed E-state index contributed by atoms with van der Waals surface area (Å²) in [5.41, 5.74) is 1.15. The standard InChI is InChI=1S/C16H21N3O3/c1-16(2,3)15(21)17-9-13-18-11-7-5-6-8-12(11)19(13)10-14(20)22-4/h5-8H,9-10H2,1-4H3,(H,17,21). The number of nitrogens with one attached hydrogen (secondary N) is 1. The average molecular weight is 303 g/mol. The Balaban J connectivity index is 2.30. The maximum absolute atomic E-state index is 12.0. The van der Waals surface area contributed by atoms with Crippen LogP contribution in [0, 0.1) is 5.41 Å². The summed E-state index contributed by atoms with van der Waals surface area (Å²) in [5.74, 6) is 0.208. The Morgan fingerprint density at radius 2 is 1.95 bits per heavy atom. The molecule has 6 heteroatoms. The molecule has 118 valence electrons. The van der Waals surface area contributed by atoms with Crippen LogP contribution >= 0.6 is 0 Å². The third-order valence-corrected chi connectivity index (χ3v) is 3.34. The quantitative estimate of drug-likeness (QED) is 0.875. The van der Waals surface area contributed by atoms with Crippen molar-refractivity contribution in [2.24, 2.45) is 5.41 Å². The lowest BCUT2D eigenvalue weighted by Gasteiger charge is -2.17. The van der Waals surface area contributed by atoms with Gasteiger partial charge in [0.25, 0.3) is 0 Å². The fourth-order valence-electron chi connectivity index (χ4n) is 2.05. The van der Waals surface area contributed by atoms with E-state index >= 15 is 0 Å². The Kier molecular flexibility index (Phi) is 4.49. The lowest BCUT2D eigenvalue weighted by molar-refractivity contribution is -0.141. The van der Waals surface area contributed by atoms with Crippen LogP contribution in [0.25, 0.3) is 11.0 Å². The molecule has 1 amide bonds. The molecule has 1 aromatic carbocycles. The largest absolute Gasteiger partial charge is 0.468 e. The summed E-state index contributed by atoms with van der Waals surface area (Å²) >= 11 is 0. The van der Waals surface area contributed by atoms with Crippen molar-refractivity contribution in [2.75, 3.05) is 7.11 Å². The van der Waals surface area contributed by atoms with E-state index in [2.05, 4.69) is 10.3 Å². The number of carbonyl (C=O) groups excluding carboxylic acids is 2. The van der Waals surface area contributed by atoms with Gasteiger partial charge in [-0.25, -0.2) is 4.98 Å². The molecular weight excluding hydrogens is 282 g/mol. The third-order valence-electron chi connectivity index (χ3n) is 3.34. The van der Waals surface area contributed by atoms with Crippen molar-refractivity contribution in [3.05, 3.63) is 30.1 Å². The van der Waals surface area contributed by atoms with Crippen LogP contribution in [0.3, 0.4) is 0 Å². The lowest BCUT2D eigenvalue weighted by Crippen LogP contribution is -2.35. The second-order valence-electron chi connectivity index (χ2n) is 6.11. The van der Waals surface area contributed by atoms with E-state index in [0.717, 1.165) is 11.0 Å². The van der Waals surface area contributed by atoms with Crippen LogP contribution in [0.15, 0.2) is 24.3 Å². The molecule has 2 aromatic rings. The van der Waals surface area contributed by atoms with E-state index in [1.54, 1.807) is 4.57 Å². The van der Waals surface area contributed by atoms with Crippen molar-refractivity contribution in [1.82, 2.24) is 14.9 Å². The van der Waals surface area contributed by atoms with Crippen LogP contribution in [0.4, 0.5) is 0 Å². The number of carbonyl (C=O) groups is 2. The number of rotatable bonds is 4. The molecule has 0 aliphatic carbocycles. The highest BCUT2D eigenvalue weighted by molar-refractivity contribution is 5.82. The van der Waals surface area contributed by atoms with Gasteiger partial charge < -0.3 is 14.6 Å². The Labute approximate surface area is 129 Å². The van der Waals surface area contributed by atoms with Crippen molar-refractivity contribution in [2.45, 2.75) is 33.9 Å². The van der Waals surface area contributed by atoms with Gasteiger partial charge >= 0.3 is 5.97 Å². The van der Waals surface area contributed by atoms with Gasteiger partial charge in [0.15, 0.2) is 0 Å². The Morgan fingerprint density at radius 3 is 2.59 bits per heavy atom. The normalized spacial score (nSPS) is 11.5. The summed E-state index contributed by atoms with van der Waals surface area (Å²) in [6, 6.07) is 7.53. The van der Waals surface area contributed by atoms with Crippen LogP contribution in [0.2, 0.25) is 0 Å². The summed E-state index contributed by atoms with van der Waals surface area (Å²) in [5, 5.41) is 2.86.